The van der Waals surface area contributed by atoms with Crippen molar-refractivity contribution in [1.29, 1.82) is 0 Å². The Morgan fingerprint density at radius 3 is 2.68 bits per heavy atom. The summed E-state index contributed by atoms with van der Waals surface area (Å²) in [6.45, 7) is 8.88. The van der Waals surface area contributed by atoms with Crippen LogP contribution in [0.2, 0.25) is 0 Å². The molecule has 28 heavy (non-hydrogen) atoms. The molecule has 1 fully saturated rings. The molecule has 0 radical (unpaired) electrons. The number of carbonyl (C=O) groups is 1. The van der Waals surface area contributed by atoms with Crippen LogP contribution >= 0.6 is 11.3 Å². The third kappa shape index (κ3) is 4.00. The molecule has 6 nitrogen and oxygen atoms in total. The number of hydrogen-bond donors (Lipinski definition) is 0. The number of rotatable bonds is 6. The lowest BCUT2D eigenvalue weighted by atomic mass is 10.1. The van der Waals surface area contributed by atoms with Gasteiger partial charge < -0.3 is 9.47 Å². The van der Waals surface area contributed by atoms with Gasteiger partial charge in [-0.15, -0.1) is 11.3 Å². The topological polar surface area (TPSA) is 54.3 Å². The SMILES string of the molecule is Cc1cc(C(=O)CN2CCN(c3cnccn3)CC2)c(C)n1Cc1cccs1. The Morgan fingerprint density at radius 2 is 2.00 bits per heavy atom. The Hall–Kier alpha value is -2.51. The molecule has 0 amide bonds. The summed E-state index contributed by atoms with van der Waals surface area (Å²) in [5, 5.41) is 2.09. The van der Waals surface area contributed by atoms with Crippen molar-refractivity contribution in [2.75, 3.05) is 37.6 Å². The summed E-state index contributed by atoms with van der Waals surface area (Å²) < 4.78 is 2.24. The lowest BCUT2D eigenvalue weighted by Gasteiger charge is -2.34. The summed E-state index contributed by atoms with van der Waals surface area (Å²) in [5.74, 6) is 1.11. The van der Waals surface area contributed by atoms with Crippen molar-refractivity contribution in [3.8, 4) is 0 Å². The van der Waals surface area contributed by atoms with Gasteiger partial charge in [0.1, 0.15) is 5.82 Å². The summed E-state index contributed by atoms with van der Waals surface area (Å²) in [6, 6.07) is 6.25. The van der Waals surface area contributed by atoms with E-state index in [1.807, 2.05) is 6.07 Å². The number of aromatic nitrogens is 3. The number of thiophene rings is 1. The van der Waals surface area contributed by atoms with Crippen molar-refractivity contribution in [2.24, 2.45) is 0 Å². The second kappa shape index (κ2) is 8.24. The zero-order chi connectivity index (χ0) is 19.5. The molecular formula is C21H25N5OS. The molecule has 0 aromatic carbocycles. The fourth-order valence-electron chi connectivity index (χ4n) is 3.76. The molecule has 0 unspecified atom stereocenters. The van der Waals surface area contributed by atoms with Crippen LogP contribution in [0, 0.1) is 13.8 Å². The van der Waals surface area contributed by atoms with Crippen LogP contribution in [-0.4, -0.2) is 57.9 Å². The molecule has 0 saturated carbocycles. The number of nitrogens with zero attached hydrogens (tertiary/aromatic N) is 5. The average molecular weight is 396 g/mol. The number of carbonyl (C=O) groups excluding carboxylic acids is 1. The highest BCUT2D eigenvalue weighted by atomic mass is 32.1. The molecule has 1 aliphatic heterocycles. The van der Waals surface area contributed by atoms with Crippen LogP contribution in [0.25, 0.3) is 0 Å². The van der Waals surface area contributed by atoms with E-state index < -0.39 is 0 Å². The molecule has 4 rings (SSSR count). The first kappa shape index (κ1) is 18.8. The van der Waals surface area contributed by atoms with Crippen molar-refractivity contribution in [3.05, 3.63) is 64.0 Å². The maximum atomic E-state index is 13.0. The molecule has 0 spiro atoms. The molecule has 7 heteroatoms. The van der Waals surface area contributed by atoms with Crippen molar-refractivity contribution in [3.63, 3.8) is 0 Å². The minimum Gasteiger partial charge on any atom is -0.353 e. The highest BCUT2D eigenvalue weighted by Crippen LogP contribution is 2.20. The van der Waals surface area contributed by atoms with Crippen LogP contribution in [0.4, 0.5) is 5.82 Å². The maximum absolute atomic E-state index is 13.0. The summed E-state index contributed by atoms with van der Waals surface area (Å²) in [7, 11) is 0. The monoisotopic (exact) mass is 395 g/mol. The van der Waals surface area contributed by atoms with Gasteiger partial charge in [-0.2, -0.15) is 0 Å². The molecular weight excluding hydrogens is 370 g/mol. The predicted molar refractivity (Wildman–Crippen MR) is 112 cm³/mol. The van der Waals surface area contributed by atoms with Gasteiger partial charge in [-0.05, 0) is 31.4 Å². The normalized spacial score (nSPS) is 15.1. The number of piperazine rings is 1. The fourth-order valence-corrected chi connectivity index (χ4v) is 4.46. The number of ketones is 1. The lowest BCUT2D eigenvalue weighted by molar-refractivity contribution is 0.0925. The van der Waals surface area contributed by atoms with E-state index in [1.165, 1.54) is 4.88 Å². The minimum atomic E-state index is 0.207. The minimum absolute atomic E-state index is 0.207. The zero-order valence-electron chi connectivity index (χ0n) is 16.3. The van der Waals surface area contributed by atoms with Gasteiger partial charge in [-0.1, -0.05) is 6.07 Å². The van der Waals surface area contributed by atoms with Crippen LogP contribution in [0.15, 0.2) is 42.2 Å². The second-order valence-electron chi connectivity index (χ2n) is 7.20. The molecule has 3 aromatic heterocycles. The van der Waals surface area contributed by atoms with E-state index >= 15 is 0 Å². The third-order valence-corrected chi connectivity index (χ3v) is 6.24. The summed E-state index contributed by atoms with van der Waals surface area (Å²) >= 11 is 1.75. The summed E-state index contributed by atoms with van der Waals surface area (Å²) in [5.41, 5.74) is 3.06. The van der Waals surface area contributed by atoms with Gasteiger partial charge in [0.05, 0.1) is 19.3 Å². The van der Waals surface area contributed by atoms with Crippen molar-refractivity contribution in [1.82, 2.24) is 19.4 Å². The third-order valence-electron chi connectivity index (χ3n) is 5.38. The van der Waals surface area contributed by atoms with E-state index in [-0.39, 0.29) is 5.78 Å². The first-order chi connectivity index (χ1) is 13.6. The van der Waals surface area contributed by atoms with Crippen LogP contribution in [0.5, 0.6) is 0 Å². The highest BCUT2D eigenvalue weighted by Gasteiger charge is 2.22. The van der Waals surface area contributed by atoms with E-state index in [1.54, 1.807) is 29.9 Å². The Morgan fingerprint density at radius 1 is 1.18 bits per heavy atom. The number of Topliss-reactive ketones (excluding diaryl/α,β-unsaturated/α-hetero) is 1. The Labute approximate surface area is 169 Å². The van der Waals surface area contributed by atoms with E-state index in [4.69, 9.17) is 0 Å². The Kier molecular flexibility index (Phi) is 5.54. The summed E-state index contributed by atoms with van der Waals surface area (Å²) in [6.07, 6.45) is 5.20. The van der Waals surface area contributed by atoms with Gasteiger partial charge in [0.15, 0.2) is 5.78 Å². The molecule has 0 N–H and O–H groups in total. The van der Waals surface area contributed by atoms with Crippen LogP contribution in [0.3, 0.4) is 0 Å². The smallest absolute Gasteiger partial charge is 0.178 e. The van der Waals surface area contributed by atoms with E-state index in [9.17, 15) is 4.79 Å². The number of anilines is 1. The molecule has 1 saturated heterocycles. The lowest BCUT2D eigenvalue weighted by Crippen LogP contribution is -2.48. The van der Waals surface area contributed by atoms with Crippen molar-refractivity contribution >= 4 is 22.9 Å². The van der Waals surface area contributed by atoms with Gasteiger partial charge in [-0.3, -0.25) is 14.7 Å². The van der Waals surface area contributed by atoms with Gasteiger partial charge in [0, 0.05) is 60.4 Å². The highest BCUT2D eigenvalue weighted by molar-refractivity contribution is 7.09. The predicted octanol–water partition coefficient (Wildman–Crippen LogP) is 3.01. The standard InChI is InChI=1S/C21H25N5OS/c1-16-12-19(17(2)26(16)14-18-4-3-11-28-18)20(27)15-24-7-9-25(10-8-24)21-13-22-5-6-23-21/h3-6,11-13H,7-10,14-15H2,1-2H3. The first-order valence-corrected chi connectivity index (χ1v) is 10.5. The number of aryl methyl sites for hydroxylation is 1. The van der Waals surface area contributed by atoms with Crippen molar-refractivity contribution < 1.29 is 4.79 Å². The molecule has 1 aliphatic rings. The molecule has 0 aliphatic carbocycles. The van der Waals surface area contributed by atoms with Crippen molar-refractivity contribution in [2.45, 2.75) is 20.4 Å². The van der Waals surface area contributed by atoms with Gasteiger partial charge in [-0.25, -0.2) is 4.98 Å². The largest absolute Gasteiger partial charge is 0.353 e. The summed E-state index contributed by atoms with van der Waals surface area (Å²) in [4.78, 5) is 27.2. The molecule has 0 bridgehead atoms. The van der Waals surface area contributed by atoms with E-state index in [0.717, 1.165) is 55.5 Å². The fraction of sp³-hybridized carbons (Fsp3) is 0.381. The first-order valence-electron chi connectivity index (χ1n) is 9.57. The van der Waals surface area contributed by atoms with Gasteiger partial charge >= 0.3 is 0 Å². The van der Waals surface area contributed by atoms with Crippen LogP contribution in [-0.2, 0) is 6.54 Å². The van der Waals surface area contributed by atoms with E-state index in [0.29, 0.717) is 6.54 Å². The molecule has 3 aromatic rings. The quantitative estimate of drug-likeness (QED) is 0.601. The van der Waals surface area contributed by atoms with Gasteiger partial charge in [0.25, 0.3) is 0 Å². The zero-order valence-corrected chi connectivity index (χ0v) is 17.2. The maximum Gasteiger partial charge on any atom is 0.178 e. The Balaban J connectivity index is 1.38. The van der Waals surface area contributed by atoms with Crippen LogP contribution < -0.4 is 4.90 Å². The molecule has 146 valence electrons. The average Bonchev–Trinajstić information content (AvgIpc) is 3.33. The molecule has 0 atom stereocenters. The van der Waals surface area contributed by atoms with Gasteiger partial charge in [0.2, 0.25) is 0 Å². The van der Waals surface area contributed by atoms with Crippen LogP contribution in [0.1, 0.15) is 26.6 Å². The Bertz CT molecular complexity index is 927. The molecule has 4 heterocycles. The second-order valence-corrected chi connectivity index (χ2v) is 8.23. The number of hydrogen-bond acceptors (Lipinski definition) is 6. The van der Waals surface area contributed by atoms with E-state index in [2.05, 4.69) is 55.7 Å².